The van der Waals surface area contributed by atoms with Crippen LogP contribution in [0.3, 0.4) is 0 Å². The second-order valence-electron chi connectivity index (χ2n) is 5.20. The first-order chi connectivity index (χ1) is 9.45. The smallest absolute Gasteiger partial charge is 0.342 e. The fourth-order valence-electron chi connectivity index (χ4n) is 1.89. The van der Waals surface area contributed by atoms with Gasteiger partial charge in [-0.15, -0.1) is 5.10 Å². The molecule has 0 amide bonds. The molecule has 0 saturated carbocycles. The molecule has 108 valence electrons. The van der Waals surface area contributed by atoms with Gasteiger partial charge in [-0.3, -0.25) is 4.68 Å². The minimum atomic E-state index is 0.316. The van der Waals surface area contributed by atoms with Gasteiger partial charge < -0.3 is 10.1 Å². The summed E-state index contributed by atoms with van der Waals surface area (Å²) in [6.45, 7) is 8.94. The molecule has 2 aromatic rings. The maximum absolute atomic E-state index is 5.73. The number of nitrogens with zero attached hydrogens (tertiary/aromatic N) is 4. The summed E-state index contributed by atoms with van der Waals surface area (Å²) in [7, 11) is 1.80. The van der Waals surface area contributed by atoms with Gasteiger partial charge in [0.25, 0.3) is 0 Å². The highest BCUT2D eigenvalue weighted by Gasteiger charge is 2.13. The minimum Gasteiger partial charge on any atom is -0.404 e. The lowest BCUT2D eigenvalue weighted by Gasteiger charge is -2.14. The number of rotatable bonds is 5. The molecule has 0 aromatic carbocycles. The van der Waals surface area contributed by atoms with Crippen molar-refractivity contribution in [2.75, 3.05) is 0 Å². The van der Waals surface area contributed by atoms with Gasteiger partial charge in [-0.05, 0) is 25.5 Å². The summed E-state index contributed by atoms with van der Waals surface area (Å²) >= 11 is 0. The zero-order valence-corrected chi connectivity index (χ0v) is 12.6. The highest BCUT2D eigenvalue weighted by Crippen LogP contribution is 2.24. The number of nitrogens with one attached hydrogen (secondary N) is 1. The van der Waals surface area contributed by atoms with Gasteiger partial charge in [0, 0.05) is 30.9 Å². The molecule has 20 heavy (non-hydrogen) atoms. The zero-order chi connectivity index (χ0) is 14.7. The van der Waals surface area contributed by atoms with Gasteiger partial charge in [-0.25, -0.2) is 4.98 Å². The van der Waals surface area contributed by atoms with E-state index in [2.05, 4.69) is 47.2 Å². The summed E-state index contributed by atoms with van der Waals surface area (Å²) in [4.78, 5) is 8.54. The topological polar surface area (TPSA) is 64.9 Å². The molecule has 6 nitrogen and oxygen atoms in total. The van der Waals surface area contributed by atoms with Crippen molar-refractivity contribution in [2.24, 2.45) is 7.05 Å². The molecular formula is C14H21N5O. The molecule has 0 bridgehead atoms. The number of pyridine rings is 1. The van der Waals surface area contributed by atoms with Gasteiger partial charge in [0.15, 0.2) is 0 Å². The quantitative estimate of drug-likeness (QED) is 0.905. The van der Waals surface area contributed by atoms with Crippen molar-refractivity contribution >= 4 is 0 Å². The van der Waals surface area contributed by atoms with E-state index in [4.69, 9.17) is 4.74 Å². The normalized spacial score (nSPS) is 11.1. The van der Waals surface area contributed by atoms with Crippen molar-refractivity contribution in [1.82, 2.24) is 25.1 Å². The predicted molar refractivity (Wildman–Crippen MR) is 76.8 cm³/mol. The summed E-state index contributed by atoms with van der Waals surface area (Å²) in [6, 6.07) is 2.77. The minimum absolute atomic E-state index is 0.316. The molecule has 0 unspecified atom stereocenters. The Bertz CT molecular complexity index is 591. The van der Waals surface area contributed by atoms with E-state index < -0.39 is 0 Å². The molecule has 0 fully saturated rings. The number of hydrogen-bond acceptors (Lipinski definition) is 5. The van der Waals surface area contributed by atoms with Crippen LogP contribution in [0.1, 0.15) is 30.7 Å². The van der Waals surface area contributed by atoms with Crippen LogP contribution >= 0.6 is 0 Å². The van der Waals surface area contributed by atoms with Crippen LogP contribution in [0.5, 0.6) is 11.9 Å². The van der Waals surface area contributed by atoms with E-state index in [1.54, 1.807) is 18.1 Å². The van der Waals surface area contributed by atoms with E-state index in [-0.39, 0.29) is 0 Å². The maximum Gasteiger partial charge on any atom is 0.342 e. The van der Waals surface area contributed by atoms with Crippen LogP contribution in [-0.2, 0) is 13.6 Å². The molecule has 0 aliphatic heterocycles. The number of hydrogen-bond donors (Lipinski definition) is 1. The third-order valence-electron chi connectivity index (χ3n) is 2.89. The van der Waals surface area contributed by atoms with Crippen LogP contribution < -0.4 is 10.1 Å². The van der Waals surface area contributed by atoms with E-state index in [9.17, 15) is 0 Å². The standard InChI is InChI=1S/C14H21N5O/c1-9(2)15-7-12-10(3)6-11(4)17-13(12)20-14-16-8-19(5)18-14/h6,8-9,15H,7H2,1-5H3. The number of ether oxygens (including phenoxy) is 1. The Labute approximate surface area is 119 Å². The van der Waals surface area contributed by atoms with Crippen molar-refractivity contribution in [2.45, 2.75) is 40.3 Å². The molecule has 0 atom stereocenters. The zero-order valence-electron chi connectivity index (χ0n) is 12.6. The SMILES string of the molecule is Cc1cc(C)c(CNC(C)C)c(Oc2ncn(C)n2)n1. The van der Waals surface area contributed by atoms with E-state index in [1.807, 2.05) is 6.92 Å². The molecule has 2 rings (SSSR count). The lowest BCUT2D eigenvalue weighted by molar-refractivity contribution is 0.412. The van der Waals surface area contributed by atoms with Crippen molar-refractivity contribution in [1.29, 1.82) is 0 Å². The Morgan fingerprint density at radius 1 is 1.35 bits per heavy atom. The Kier molecular flexibility index (Phi) is 4.34. The average molecular weight is 275 g/mol. The second kappa shape index (κ2) is 6.00. The fourth-order valence-corrected chi connectivity index (χ4v) is 1.89. The summed E-state index contributed by atoms with van der Waals surface area (Å²) in [5.41, 5.74) is 3.11. The van der Waals surface area contributed by atoms with Crippen molar-refractivity contribution in [3.8, 4) is 11.9 Å². The monoisotopic (exact) mass is 275 g/mol. The molecule has 2 heterocycles. The summed E-state index contributed by atoms with van der Waals surface area (Å²) in [5.74, 6) is 0.571. The van der Waals surface area contributed by atoms with E-state index in [0.717, 1.165) is 16.8 Å². The third-order valence-corrected chi connectivity index (χ3v) is 2.89. The molecule has 0 spiro atoms. The first kappa shape index (κ1) is 14.5. The average Bonchev–Trinajstić information content (AvgIpc) is 2.73. The van der Waals surface area contributed by atoms with Crippen molar-refractivity contribution in [3.05, 3.63) is 29.2 Å². The Morgan fingerprint density at radius 3 is 2.70 bits per heavy atom. The Hall–Kier alpha value is -1.95. The van der Waals surface area contributed by atoms with Gasteiger partial charge in [0.05, 0.1) is 0 Å². The molecule has 6 heteroatoms. The number of aromatic nitrogens is 4. The van der Waals surface area contributed by atoms with Crippen LogP contribution in [0.25, 0.3) is 0 Å². The van der Waals surface area contributed by atoms with Crippen LogP contribution in [-0.4, -0.2) is 25.8 Å². The largest absolute Gasteiger partial charge is 0.404 e. The van der Waals surface area contributed by atoms with E-state index in [1.165, 1.54) is 0 Å². The highest BCUT2D eigenvalue weighted by molar-refractivity contribution is 5.37. The highest BCUT2D eigenvalue weighted by atomic mass is 16.5. The van der Waals surface area contributed by atoms with Gasteiger partial charge >= 0.3 is 6.01 Å². The van der Waals surface area contributed by atoms with E-state index in [0.29, 0.717) is 24.5 Å². The molecule has 1 N–H and O–H groups in total. The fraction of sp³-hybridized carbons (Fsp3) is 0.500. The second-order valence-corrected chi connectivity index (χ2v) is 5.20. The molecule has 0 radical (unpaired) electrons. The lowest BCUT2D eigenvalue weighted by Crippen LogP contribution is -2.23. The van der Waals surface area contributed by atoms with Gasteiger partial charge in [-0.1, -0.05) is 13.8 Å². The first-order valence-electron chi connectivity index (χ1n) is 6.69. The van der Waals surface area contributed by atoms with Crippen LogP contribution in [0, 0.1) is 13.8 Å². The third kappa shape index (κ3) is 3.54. The maximum atomic E-state index is 5.73. The molecule has 0 aliphatic rings. The van der Waals surface area contributed by atoms with Gasteiger partial charge in [0.2, 0.25) is 5.88 Å². The molecule has 0 saturated heterocycles. The molecule has 0 aliphatic carbocycles. The van der Waals surface area contributed by atoms with Crippen LogP contribution in [0.2, 0.25) is 0 Å². The molecular weight excluding hydrogens is 254 g/mol. The van der Waals surface area contributed by atoms with E-state index >= 15 is 0 Å². The predicted octanol–water partition coefficient (Wildman–Crippen LogP) is 2.12. The number of aryl methyl sites for hydroxylation is 3. The van der Waals surface area contributed by atoms with Gasteiger partial charge in [0.1, 0.15) is 6.33 Å². The molecule has 2 aromatic heterocycles. The van der Waals surface area contributed by atoms with Gasteiger partial charge in [-0.2, -0.15) is 4.98 Å². The summed E-state index contributed by atoms with van der Waals surface area (Å²) < 4.78 is 7.33. The first-order valence-corrected chi connectivity index (χ1v) is 6.69. The van der Waals surface area contributed by atoms with Crippen LogP contribution in [0.15, 0.2) is 12.4 Å². The van der Waals surface area contributed by atoms with Crippen LogP contribution in [0.4, 0.5) is 0 Å². The van der Waals surface area contributed by atoms with Crippen molar-refractivity contribution in [3.63, 3.8) is 0 Å². The summed E-state index contributed by atoms with van der Waals surface area (Å²) in [6.07, 6.45) is 1.60. The lowest BCUT2D eigenvalue weighted by atomic mass is 10.1. The summed E-state index contributed by atoms with van der Waals surface area (Å²) in [5, 5.41) is 7.51. The van der Waals surface area contributed by atoms with Crippen molar-refractivity contribution < 1.29 is 4.74 Å². The Morgan fingerprint density at radius 2 is 2.10 bits per heavy atom. The Balaban J connectivity index is 2.29.